The number of nitrogens with zero attached hydrogens (tertiary/aromatic N) is 2. The maximum atomic E-state index is 13.9. The van der Waals surface area contributed by atoms with Gasteiger partial charge in [0.25, 0.3) is 5.91 Å². The molecular formula is C14H19FN2O2. The van der Waals surface area contributed by atoms with E-state index in [2.05, 4.69) is 0 Å². The summed E-state index contributed by atoms with van der Waals surface area (Å²) < 4.78 is 13.9. The Labute approximate surface area is 112 Å². The van der Waals surface area contributed by atoms with Gasteiger partial charge in [0.1, 0.15) is 5.82 Å². The average Bonchev–Trinajstić information content (AvgIpc) is 2.38. The minimum atomic E-state index is -0.525. The van der Waals surface area contributed by atoms with Crippen molar-refractivity contribution in [1.82, 2.24) is 9.80 Å². The van der Waals surface area contributed by atoms with Crippen molar-refractivity contribution in [3.63, 3.8) is 0 Å². The number of benzene rings is 1. The second-order valence-corrected chi connectivity index (χ2v) is 4.54. The van der Waals surface area contributed by atoms with Gasteiger partial charge in [-0.3, -0.25) is 9.59 Å². The van der Waals surface area contributed by atoms with Gasteiger partial charge in [-0.25, -0.2) is 4.39 Å². The van der Waals surface area contributed by atoms with Gasteiger partial charge in [-0.05, 0) is 25.5 Å². The topological polar surface area (TPSA) is 40.6 Å². The van der Waals surface area contributed by atoms with Gasteiger partial charge in [0, 0.05) is 20.6 Å². The number of hydrogen-bond acceptors (Lipinski definition) is 2. The third-order valence-corrected chi connectivity index (χ3v) is 2.92. The summed E-state index contributed by atoms with van der Waals surface area (Å²) in [6, 6.07) is 4.67. The van der Waals surface area contributed by atoms with E-state index in [0.29, 0.717) is 12.1 Å². The molecule has 2 amide bonds. The van der Waals surface area contributed by atoms with Gasteiger partial charge in [-0.15, -0.1) is 0 Å². The van der Waals surface area contributed by atoms with Crippen LogP contribution < -0.4 is 0 Å². The van der Waals surface area contributed by atoms with Gasteiger partial charge in [0.2, 0.25) is 5.91 Å². The number of amides is 2. The lowest BCUT2D eigenvalue weighted by Crippen LogP contribution is -2.40. The van der Waals surface area contributed by atoms with E-state index in [-0.39, 0.29) is 18.0 Å². The van der Waals surface area contributed by atoms with Crippen molar-refractivity contribution < 1.29 is 14.0 Å². The van der Waals surface area contributed by atoms with Gasteiger partial charge in [-0.2, -0.15) is 0 Å². The van der Waals surface area contributed by atoms with E-state index in [1.165, 1.54) is 15.9 Å². The summed E-state index contributed by atoms with van der Waals surface area (Å²) in [7, 11) is 3.24. The van der Waals surface area contributed by atoms with Crippen LogP contribution in [0.4, 0.5) is 4.39 Å². The molecule has 0 saturated carbocycles. The molecule has 0 heterocycles. The van der Waals surface area contributed by atoms with Gasteiger partial charge < -0.3 is 9.80 Å². The first-order valence-electron chi connectivity index (χ1n) is 6.13. The molecule has 0 N–H and O–H groups in total. The Hall–Kier alpha value is -1.91. The average molecular weight is 266 g/mol. The molecule has 1 aromatic carbocycles. The zero-order valence-electron chi connectivity index (χ0n) is 11.7. The van der Waals surface area contributed by atoms with E-state index >= 15 is 0 Å². The summed E-state index contributed by atoms with van der Waals surface area (Å²) in [5, 5.41) is 0. The lowest BCUT2D eigenvalue weighted by molar-refractivity contribution is -0.129. The van der Waals surface area contributed by atoms with E-state index < -0.39 is 11.7 Å². The van der Waals surface area contributed by atoms with Crippen molar-refractivity contribution >= 4 is 11.8 Å². The van der Waals surface area contributed by atoms with Crippen LogP contribution in [0.15, 0.2) is 18.2 Å². The van der Waals surface area contributed by atoms with Crippen LogP contribution in [0.5, 0.6) is 0 Å². The highest BCUT2D eigenvalue weighted by Crippen LogP contribution is 2.14. The van der Waals surface area contributed by atoms with Crippen LogP contribution >= 0.6 is 0 Å². The number of hydrogen-bond donors (Lipinski definition) is 0. The van der Waals surface area contributed by atoms with Crippen LogP contribution in [-0.2, 0) is 4.79 Å². The molecule has 0 atom stereocenters. The highest BCUT2D eigenvalue weighted by atomic mass is 19.1. The molecule has 0 aromatic heterocycles. The third kappa shape index (κ3) is 3.53. The molecule has 4 nitrogen and oxygen atoms in total. The summed E-state index contributed by atoms with van der Waals surface area (Å²) >= 11 is 0. The zero-order chi connectivity index (χ0) is 14.6. The Kier molecular flexibility index (Phi) is 5.03. The summed E-state index contributed by atoms with van der Waals surface area (Å²) in [6.07, 6.45) is 0. The van der Waals surface area contributed by atoms with Crippen molar-refractivity contribution in [3.8, 4) is 0 Å². The smallest absolute Gasteiger partial charge is 0.257 e. The Morgan fingerprint density at radius 3 is 2.42 bits per heavy atom. The predicted molar refractivity (Wildman–Crippen MR) is 71.4 cm³/mol. The Bertz CT molecular complexity index is 486. The van der Waals surface area contributed by atoms with E-state index in [0.717, 1.165) is 0 Å². The van der Waals surface area contributed by atoms with Crippen LogP contribution in [0.25, 0.3) is 0 Å². The highest BCUT2D eigenvalue weighted by molar-refractivity contribution is 5.96. The van der Waals surface area contributed by atoms with Crippen molar-refractivity contribution in [2.24, 2.45) is 0 Å². The molecule has 0 radical (unpaired) electrons. The van der Waals surface area contributed by atoms with Crippen molar-refractivity contribution in [3.05, 3.63) is 35.1 Å². The molecule has 104 valence electrons. The molecular weight excluding hydrogens is 247 g/mol. The molecule has 0 bridgehead atoms. The quantitative estimate of drug-likeness (QED) is 0.832. The molecule has 0 aliphatic carbocycles. The zero-order valence-corrected chi connectivity index (χ0v) is 11.7. The fourth-order valence-corrected chi connectivity index (χ4v) is 1.61. The third-order valence-electron chi connectivity index (χ3n) is 2.92. The molecule has 0 unspecified atom stereocenters. The second kappa shape index (κ2) is 6.31. The molecule has 1 rings (SSSR count). The molecule has 0 saturated heterocycles. The van der Waals surface area contributed by atoms with Crippen LogP contribution in [-0.4, -0.2) is 48.8 Å². The predicted octanol–water partition coefficient (Wildman–Crippen LogP) is 1.68. The van der Waals surface area contributed by atoms with Crippen LogP contribution in [0.3, 0.4) is 0 Å². The monoisotopic (exact) mass is 266 g/mol. The van der Waals surface area contributed by atoms with E-state index in [9.17, 15) is 14.0 Å². The van der Waals surface area contributed by atoms with Gasteiger partial charge in [0.15, 0.2) is 0 Å². The van der Waals surface area contributed by atoms with Crippen molar-refractivity contribution in [2.45, 2.75) is 13.8 Å². The maximum Gasteiger partial charge on any atom is 0.257 e. The Morgan fingerprint density at radius 2 is 1.89 bits per heavy atom. The summed E-state index contributed by atoms with van der Waals surface area (Å²) in [5.74, 6) is -1.18. The van der Waals surface area contributed by atoms with Crippen molar-refractivity contribution in [2.75, 3.05) is 27.2 Å². The molecule has 5 heteroatoms. The number of carbonyl (C=O) groups excluding carboxylic acids is 2. The molecule has 0 aliphatic rings. The number of halogens is 1. The lowest BCUT2D eigenvalue weighted by Gasteiger charge is -2.22. The first-order valence-corrected chi connectivity index (χ1v) is 6.13. The standard InChI is InChI=1S/C14H19FN2O2/c1-5-17(9-12(18)16(3)4)14(19)11-8-6-7-10(2)13(11)15/h6-8H,5,9H2,1-4H3. The molecule has 0 spiro atoms. The molecule has 19 heavy (non-hydrogen) atoms. The van der Waals surface area contributed by atoms with Crippen LogP contribution in [0, 0.1) is 12.7 Å². The number of likely N-dealkylation sites (N-methyl/N-ethyl adjacent to an activating group) is 2. The normalized spacial score (nSPS) is 10.2. The second-order valence-electron chi connectivity index (χ2n) is 4.54. The number of rotatable bonds is 4. The van der Waals surface area contributed by atoms with Gasteiger partial charge in [0.05, 0.1) is 12.1 Å². The molecule has 0 fully saturated rings. The Morgan fingerprint density at radius 1 is 1.26 bits per heavy atom. The van der Waals surface area contributed by atoms with Crippen LogP contribution in [0.1, 0.15) is 22.8 Å². The van der Waals surface area contributed by atoms with Gasteiger partial charge in [-0.1, -0.05) is 12.1 Å². The lowest BCUT2D eigenvalue weighted by atomic mass is 10.1. The molecule has 1 aromatic rings. The molecule has 0 aliphatic heterocycles. The first kappa shape index (κ1) is 15.1. The summed E-state index contributed by atoms with van der Waals surface area (Å²) in [6.45, 7) is 3.67. The maximum absolute atomic E-state index is 13.9. The van der Waals surface area contributed by atoms with Gasteiger partial charge >= 0.3 is 0 Å². The summed E-state index contributed by atoms with van der Waals surface area (Å²) in [4.78, 5) is 26.6. The minimum Gasteiger partial charge on any atom is -0.347 e. The summed E-state index contributed by atoms with van der Waals surface area (Å²) in [5.41, 5.74) is 0.425. The highest BCUT2D eigenvalue weighted by Gasteiger charge is 2.21. The fourth-order valence-electron chi connectivity index (χ4n) is 1.61. The van der Waals surface area contributed by atoms with Crippen molar-refractivity contribution in [1.29, 1.82) is 0 Å². The first-order chi connectivity index (χ1) is 8.88. The van der Waals surface area contributed by atoms with E-state index in [4.69, 9.17) is 0 Å². The van der Waals surface area contributed by atoms with Crippen LogP contribution in [0.2, 0.25) is 0 Å². The number of aryl methyl sites for hydroxylation is 1. The minimum absolute atomic E-state index is 0.00778. The van der Waals surface area contributed by atoms with E-state index in [1.807, 2.05) is 0 Å². The largest absolute Gasteiger partial charge is 0.347 e. The SMILES string of the molecule is CCN(CC(=O)N(C)C)C(=O)c1cccc(C)c1F. The fraction of sp³-hybridized carbons (Fsp3) is 0.429. The van der Waals surface area contributed by atoms with E-state index in [1.54, 1.807) is 40.1 Å². The number of carbonyl (C=O) groups is 2. The Balaban J connectivity index is 2.96.